The number of hydrogen-bond donors (Lipinski definition) is 2. The summed E-state index contributed by atoms with van der Waals surface area (Å²) in [6, 6.07) is 8.39. The van der Waals surface area contributed by atoms with Gasteiger partial charge in [-0.05, 0) is 25.6 Å². The molecule has 9 heteroatoms. The topological polar surface area (TPSA) is 108 Å². The molecule has 0 bridgehead atoms. The van der Waals surface area contributed by atoms with Crippen molar-refractivity contribution in [1.82, 2.24) is 14.5 Å². The second-order valence-electron chi connectivity index (χ2n) is 6.96. The van der Waals surface area contributed by atoms with Crippen LogP contribution in [-0.2, 0) is 20.9 Å². The summed E-state index contributed by atoms with van der Waals surface area (Å²) in [5.41, 5.74) is 2.28. The molecule has 1 aromatic carbocycles. The molecule has 0 spiro atoms. The molecule has 2 aromatic rings. The zero-order valence-corrected chi connectivity index (χ0v) is 17.5. The van der Waals surface area contributed by atoms with Crippen molar-refractivity contribution in [1.29, 1.82) is 0 Å². The molecule has 2 heterocycles. The summed E-state index contributed by atoms with van der Waals surface area (Å²) in [4.78, 5) is 28.8. The molecule has 0 aliphatic carbocycles. The van der Waals surface area contributed by atoms with Gasteiger partial charge in [-0.3, -0.25) is 0 Å². The minimum Gasteiger partial charge on any atom is -0.478 e. The monoisotopic (exact) mass is 418 g/mol. The van der Waals surface area contributed by atoms with E-state index >= 15 is 0 Å². The predicted octanol–water partition coefficient (Wildman–Crippen LogP) is 1.93. The summed E-state index contributed by atoms with van der Waals surface area (Å²) in [6.07, 6.45) is 2.18. The summed E-state index contributed by atoms with van der Waals surface area (Å²) >= 11 is 0. The lowest BCUT2D eigenvalue weighted by Crippen LogP contribution is -2.45. The van der Waals surface area contributed by atoms with E-state index in [1.54, 1.807) is 0 Å². The van der Waals surface area contributed by atoms with Gasteiger partial charge in [-0.1, -0.05) is 19.1 Å². The zero-order chi connectivity index (χ0) is 21.9. The van der Waals surface area contributed by atoms with Gasteiger partial charge in [-0.25, -0.2) is 14.6 Å². The standard InChI is InChI=1S/C17H26N4O.C4H4O4/c1-3-13-22-14-12-21-16-7-5-4-6-15(16)18-17(21)20-10-8-19(2)9-11-20;5-3(6)1-2-4(7)8/h4-7H,3,8-14H2,1-2H3;1-2H,(H,5,6)(H,7,8)/b;2-1+. The number of rotatable bonds is 8. The Morgan fingerprint density at radius 2 is 1.70 bits per heavy atom. The Balaban J connectivity index is 0.000000343. The van der Waals surface area contributed by atoms with Gasteiger partial charge >= 0.3 is 11.9 Å². The number of para-hydroxylation sites is 2. The summed E-state index contributed by atoms with van der Waals surface area (Å²) in [7, 11) is 2.18. The molecular formula is C21H30N4O5. The van der Waals surface area contributed by atoms with Gasteiger partial charge < -0.3 is 29.3 Å². The summed E-state index contributed by atoms with van der Waals surface area (Å²) in [6.45, 7) is 8.84. The number of imidazole rings is 1. The third-order valence-corrected chi connectivity index (χ3v) is 4.60. The lowest BCUT2D eigenvalue weighted by atomic mass is 10.3. The molecule has 1 fully saturated rings. The van der Waals surface area contributed by atoms with E-state index in [0.29, 0.717) is 12.2 Å². The predicted molar refractivity (Wildman–Crippen MR) is 115 cm³/mol. The third-order valence-electron chi connectivity index (χ3n) is 4.60. The van der Waals surface area contributed by atoms with Crippen molar-refractivity contribution in [3.63, 3.8) is 0 Å². The van der Waals surface area contributed by atoms with Gasteiger partial charge in [-0.15, -0.1) is 0 Å². The second-order valence-corrected chi connectivity index (χ2v) is 6.96. The number of piperazine rings is 1. The number of anilines is 1. The molecule has 2 N–H and O–H groups in total. The van der Waals surface area contributed by atoms with Crippen molar-refractivity contribution in [2.45, 2.75) is 19.9 Å². The lowest BCUT2D eigenvalue weighted by Gasteiger charge is -2.33. The van der Waals surface area contributed by atoms with Crippen molar-refractivity contribution in [2.75, 3.05) is 51.3 Å². The molecule has 9 nitrogen and oxygen atoms in total. The van der Waals surface area contributed by atoms with E-state index < -0.39 is 11.9 Å². The van der Waals surface area contributed by atoms with Gasteiger partial charge in [0.2, 0.25) is 5.95 Å². The SMILES string of the molecule is CCCOCCn1c(N2CCN(C)CC2)nc2ccccc21.O=C(O)/C=C/C(=O)O. The largest absolute Gasteiger partial charge is 0.478 e. The lowest BCUT2D eigenvalue weighted by molar-refractivity contribution is -0.134. The first-order valence-corrected chi connectivity index (χ1v) is 10.0. The van der Waals surface area contributed by atoms with E-state index in [0.717, 1.165) is 63.8 Å². The van der Waals surface area contributed by atoms with Crippen LogP contribution in [0.5, 0.6) is 0 Å². The van der Waals surface area contributed by atoms with Gasteiger partial charge in [0, 0.05) is 51.5 Å². The maximum absolute atomic E-state index is 9.55. The van der Waals surface area contributed by atoms with E-state index in [4.69, 9.17) is 19.9 Å². The number of likely N-dealkylation sites (N-methyl/N-ethyl adjacent to an activating group) is 1. The molecule has 0 amide bonds. The third kappa shape index (κ3) is 7.16. The van der Waals surface area contributed by atoms with Gasteiger partial charge in [0.25, 0.3) is 0 Å². The Kier molecular flexibility index (Phi) is 9.30. The highest BCUT2D eigenvalue weighted by Crippen LogP contribution is 2.23. The van der Waals surface area contributed by atoms with Crippen LogP contribution in [0, 0.1) is 0 Å². The van der Waals surface area contributed by atoms with Gasteiger partial charge in [0.1, 0.15) is 0 Å². The number of carboxylic acid groups (broad SMARTS) is 2. The smallest absolute Gasteiger partial charge is 0.328 e. The molecule has 0 atom stereocenters. The van der Waals surface area contributed by atoms with E-state index in [9.17, 15) is 9.59 Å². The zero-order valence-electron chi connectivity index (χ0n) is 17.5. The van der Waals surface area contributed by atoms with Crippen molar-refractivity contribution < 1.29 is 24.5 Å². The van der Waals surface area contributed by atoms with Crippen LogP contribution in [-0.4, -0.2) is 83.0 Å². The quantitative estimate of drug-likeness (QED) is 0.495. The fourth-order valence-electron chi connectivity index (χ4n) is 3.08. The van der Waals surface area contributed by atoms with Gasteiger partial charge in [-0.2, -0.15) is 0 Å². The number of carboxylic acids is 2. The molecule has 3 rings (SSSR count). The average Bonchev–Trinajstić information content (AvgIpc) is 3.09. The van der Waals surface area contributed by atoms with E-state index in [2.05, 4.69) is 52.6 Å². The van der Waals surface area contributed by atoms with Crippen molar-refractivity contribution >= 4 is 28.9 Å². The van der Waals surface area contributed by atoms with Crippen molar-refractivity contribution in [3.05, 3.63) is 36.4 Å². The highest BCUT2D eigenvalue weighted by atomic mass is 16.5. The van der Waals surface area contributed by atoms with Crippen LogP contribution < -0.4 is 4.90 Å². The van der Waals surface area contributed by atoms with Crippen molar-refractivity contribution in [3.8, 4) is 0 Å². The van der Waals surface area contributed by atoms with Crippen LogP contribution >= 0.6 is 0 Å². The molecule has 1 aliphatic rings. The highest BCUT2D eigenvalue weighted by Gasteiger charge is 2.20. The molecular weight excluding hydrogens is 388 g/mol. The Morgan fingerprint density at radius 3 is 2.30 bits per heavy atom. The minimum atomic E-state index is -1.26. The first-order valence-electron chi connectivity index (χ1n) is 10.0. The van der Waals surface area contributed by atoms with E-state index in [1.165, 1.54) is 5.52 Å². The number of aromatic nitrogens is 2. The highest BCUT2D eigenvalue weighted by molar-refractivity contribution is 5.89. The average molecular weight is 418 g/mol. The Labute approximate surface area is 176 Å². The van der Waals surface area contributed by atoms with Crippen LogP contribution in [0.1, 0.15) is 13.3 Å². The van der Waals surface area contributed by atoms with Gasteiger partial charge in [0.05, 0.1) is 17.6 Å². The Bertz CT molecular complexity index is 840. The summed E-state index contributed by atoms with van der Waals surface area (Å²) in [5, 5.41) is 15.6. The normalized spacial score (nSPS) is 14.7. The van der Waals surface area contributed by atoms with Crippen LogP contribution in [0.3, 0.4) is 0 Å². The maximum Gasteiger partial charge on any atom is 0.328 e. The number of ether oxygens (including phenoxy) is 1. The van der Waals surface area contributed by atoms with Crippen LogP contribution in [0.4, 0.5) is 5.95 Å². The van der Waals surface area contributed by atoms with Gasteiger partial charge in [0.15, 0.2) is 0 Å². The molecule has 1 aliphatic heterocycles. The molecule has 0 radical (unpaired) electrons. The van der Waals surface area contributed by atoms with E-state index in [1.807, 2.05) is 0 Å². The van der Waals surface area contributed by atoms with Crippen molar-refractivity contribution in [2.24, 2.45) is 0 Å². The summed E-state index contributed by atoms with van der Waals surface area (Å²) < 4.78 is 8.00. The summed E-state index contributed by atoms with van der Waals surface area (Å²) in [5.74, 6) is -1.42. The number of carbonyl (C=O) groups is 2. The number of hydrogen-bond acceptors (Lipinski definition) is 6. The molecule has 30 heavy (non-hydrogen) atoms. The minimum absolute atomic E-state index is 0.558. The second kappa shape index (κ2) is 11.9. The fourth-order valence-corrected chi connectivity index (χ4v) is 3.08. The van der Waals surface area contributed by atoms with Crippen LogP contribution in [0.2, 0.25) is 0 Å². The number of fused-ring (bicyclic) bond motifs is 1. The first kappa shape index (κ1) is 23.4. The van der Waals surface area contributed by atoms with Crippen LogP contribution in [0.15, 0.2) is 36.4 Å². The van der Waals surface area contributed by atoms with Crippen LogP contribution in [0.25, 0.3) is 11.0 Å². The Morgan fingerprint density at radius 1 is 1.07 bits per heavy atom. The molecule has 164 valence electrons. The van der Waals surface area contributed by atoms with E-state index in [-0.39, 0.29) is 0 Å². The maximum atomic E-state index is 9.55. The molecule has 0 saturated carbocycles. The fraction of sp³-hybridized carbons (Fsp3) is 0.476. The number of aliphatic carboxylic acids is 2. The molecule has 1 aromatic heterocycles. The molecule has 0 unspecified atom stereocenters. The molecule has 1 saturated heterocycles. The number of benzene rings is 1. The first-order chi connectivity index (χ1) is 14.4. The number of nitrogens with zero attached hydrogens (tertiary/aromatic N) is 4. The Hall–Kier alpha value is -2.91.